The van der Waals surface area contributed by atoms with Gasteiger partial charge in [-0.05, 0) is 86.1 Å². The molecule has 2 atom stereocenters. The lowest BCUT2D eigenvalue weighted by Crippen LogP contribution is -2.51. The lowest BCUT2D eigenvalue weighted by Gasteiger charge is -2.34. The van der Waals surface area contributed by atoms with Crippen molar-refractivity contribution in [1.29, 1.82) is 0 Å². The second kappa shape index (κ2) is 9.28. The van der Waals surface area contributed by atoms with Gasteiger partial charge in [0.15, 0.2) is 5.82 Å². The van der Waals surface area contributed by atoms with E-state index in [-0.39, 0.29) is 22.8 Å². The maximum Gasteiger partial charge on any atom is 0.319 e. The lowest BCUT2D eigenvalue weighted by molar-refractivity contribution is 0.108. The number of nitrogens with zero attached hydrogens (tertiary/aromatic N) is 4. The zero-order valence-electron chi connectivity index (χ0n) is 22.6. The largest absolute Gasteiger partial charge is 0.508 e. The van der Waals surface area contributed by atoms with Crippen molar-refractivity contribution in [2.24, 2.45) is 0 Å². The number of halogens is 1. The highest BCUT2D eigenvalue weighted by atomic mass is 19.1. The Kier molecular flexibility index (Phi) is 5.64. The number of ether oxygens (including phenoxy) is 1. The van der Waals surface area contributed by atoms with Gasteiger partial charge in [-0.1, -0.05) is 30.3 Å². The van der Waals surface area contributed by atoms with Crippen LogP contribution in [0.2, 0.25) is 0 Å². The molecule has 3 aromatic carbocycles. The van der Waals surface area contributed by atoms with Crippen molar-refractivity contribution in [2.45, 2.75) is 56.1 Å². The van der Waals surface area contributed by atoms with E-state index in [9.17, 15) is 5.11 Å². The van der Waals surface area contributed by atoms with E-state index in [1.165, 1.54) is 12.8 Å². The molecule has 8 rings (SSSR count). The minimum absolute atomic E-state index is 0.0491. The summed E-state index contributed by atoms with van der Waals surface area (Å²) >= 11 is 0. The van der Waals surface area contributed by atoms with Gasteiger partial charge in [-0.2, -0.15) is 9.97 Å². The fourth-order valence-corrected chi connectivity index (χ4v) is 7.79. The average Bonchev–Trinajstić information content (AvgIpc) is 3.65. The van der Waals surface area contributed by atoms with Gasteiger partial charge in [0, 0.05) is 36.1 Å². The number of benzene rings is 3. The lowest BCUT2D eigenvalue weighted by atomic mass is 9.95. The Hall–Kier alpha value is -3.49. The molecule has 0 amide bonds. The molecule has 2 unspecified atom stereocenters. The van der Waals surface area contributed by atoms with E-state index in [2.05, 4.69) is 15.1 Å². The molecule has 7 nitrogen and oxygen atoms in total. The van der Waals surface area contributed by atoms with Crippen LogP contribution >= 0.6 is 0 Å². The molecular formula is C32H34FN5O2. The van der Waals surface area contributed by atoms with Crippen molar-refractivity contribution in [3.8, 4) is 22.9 Å². The molecule has 1 aromatic heterocycles. The van der Waals surface area contributed by atoms with E-state index < -0.39 is 5.82 Å². The molecule has 4 saturated heterocycles. The molecule has 0 spiro atoms. The van der Waals surface area contributed by atoms with Crippen molar-refractivity contribution in [3.63, 3.8) is 0 Å². The third kappa shape index (κ3) is 3.91. The third-order valence-electron chi connectivity index (χ3n) is 9.70. The van der Waals surface area contributed by atoms with Gasteiger partial charge >= 0.3 is 6.01 Å². The Bertz CT molecular complexity index is 1600. The quantitative estimate of drug-likeness (QED) is 0.359. The average molecular weight is 540 g/mol. The van der Waals surface area contributed by atoms with E-state index in [1.807, 2.05) is 30.3 Å². The number of aromatic nitrogens is 2. The molecule has 40 heavy (non-hydrogen) atoms. The zero-order valence-corrected chi connectivity index (χ0v) is 22.6. The Morgan fingerprint density at radius 2 is 1.73 bits per heavy atom. The number of fused-ring (bicyclic) bond motifs is 5. The second-order valence-corrected chi connectivity index (χ2v) is 12.1. The van der Waals surface area contributed by atoms with Crippen LogP contribution in [-0.4, -0.2) is 70.4 Å². The summed E-state index contributed by atoms with van der Waals surface area (Å²) in [7, 11) is 0. The van der Waals surface area contributed by atoms with Crippen molar-refractivity contribution in [2.75, 3.05) is 37.7 Å². The van der Waals surface area contributed by atoms with Gasteiger partial charge in [0.25, 0.3) is 0 Å². The number of aromatic hydroxyl groups is 1. The number of phenols is 1. The number of hydrogen-bond acceptors (Lipinski definition) is 7. The van der Waals surface area contributed by atoms with Crippen LogP contribution < -0.4 is 15.0 Å². The first-order chi connectivity index (χ1) is 19.6. The van der Waals surface area contributed by atoms with Gasteiger partial charge in [-0.3, -0.25) is 4.90 Å². The molecule has 2 bridgehead atoms. The summed E-state index contributed by atoms with van der Waals surface area (Å²) in [6, 6.07) is 15.9. The highest BCUT2D eigenvalue weighted by molar-refractivity contribution is 6.01. The summed E-state index contributed by atoms with van der Waals surface area (Å²) in [6.45, 7) is 4.43. The molecule has 206 valence electrons. The Labute approximate surface area is 233 Å². The number of nitrogens with one attached hydrogen (secondary N) is 1. The summed E-state index contributed by atoms with van der Waals surface area (Å²) in [4.78, 5) is 14.5. The van der Waals surface area contributed by atoms with Gasteiger partial charge in [0.05, 0.1) is 5.54 Å². The number of rotatable bonds is 5. The van der Waals surface area contributed by atoms with Crippen molar-refractivity contribution in [1.82, 2.24) is 20.2 Å². The number of phenolic OH excluding ortho intramolecular Hbond substituents is 1. The molecule has 4 fully saturated rings. The predicted molar refractivity (Wildman–Crippen MR) is 155 cm³/mol. The summed E-state index contributed by atoms with van der Waals surface area (Å²) in [6.07, 6.45) is 6.92. The first-order valence-electron chi connectivity index (χ1n) is 14.7. The second-order valence-electron chi connectivity index (χ2n) is 12.1. The topological polar surface area (TPSA) is 73.8 Å². The zero-order chi connectivity index (χ0) is 26.8. The van der Waals surface area contributed by atoms with Crippen LogP contribution in [0.3, 0.4) is 0 Å². The predicted octanol–water partition coefficient (Wildman–Crippen LogP) is 5.24. The molecule has 4 aliphatic rings. The van der Waals surface area contributed by atoms with E-state index in [4.69, 9.17) is 14.7 Å². The Morgan fingerprint density at radius 1 is 0.950 bits per heavy atom. The maximum atomic E-state index is 16.6. The van der Waals surface area contributed by atoms with Gasteiger partial charge in [0.1, 0.15) is 23.7 Å². The van der Waals surface area contributed by atoms with Crippen LogP contribution in [0.25, 0.3) is 32.8 Å². The molecule has 4 aliphatic heterocycles. The smallest absolute Gasteiger partial charge is 0.319 e. The summed E-state index contributed by atoms with van der Waals surface area (Å²) in [5, 5.41) is 16.6. The third-order valence-corrected chi connectivity index (χ3v) is 9.70. The Morgan fingerprint density at radius 3 is 2.52 bits per heavy atom. The number of piperazine rings is 1. The van der Waals surface area contributed by atoms with E-state index >= 15 is 4.39 Å². The monoisotopic (exact) mass is 539 g/mol. The molecular weight excluding hydrogens is 505 g/mol. The van der Waals surface area contributed by atoms with Gasteiger partial charge in [-0.15, -0.1) is 0 Å². The van der Waals surface area contributed by atoms with Crippen LogP contribution in [0.4, 0.5) is 10.2 Å². The van der Waals surface area contributed by atoms with Crippen LogP contribution in [-0.2, 0) is 0 Å². The van der Waals surface area contributed by atoms with E-state index in [1.54, 1.807) is 18.2 Å². The Balaban J connectivity index is 1.25. The molecule has 0 aliphatic carbocycles. The first-order valence-corrected chi connectivity index (χ1v) is 14.7. The molecule has 4 aromatic rings. The van der Waals surface area contributed by atoms with E-state index in [0.717, 1.165) is 68.5 Å². The maximum absolute atomic E-state index is 16.6. The van der Waals surface area contributed by atoms with Crippen molar-refractivity contribution < 1.29 is 14.2 Å². The normalized spacial score (nSPS) is 23.8. The number of anilines is 1. The minimum atomic E-state index is -0.415. The summed E-state index contributed by atoms with van der Waals surface area (Å²) in [5.74, 6) is 0.437. The molecule has 0 radical (unpaired) electrons. The molecule has 2 N–H and O–H groups in total. The molecule has 0 saturated carbocycles. The van der Waals surface area contributed by atoms with Crippen molar-refractivity contribution >= 4 is 27.5 Å². The molecule has 5 heterocycles. The molecule has 8 heteroatoms. The highest BCUT2D eigenvalue weighted by Gasteiger charge is 2.45. The van der Waals surface area contributed by atoms with Gasteiger partial charge < -0.3 is 20.1 Å². The summed E-state index contributed by atoms with van der Waals surface area (Å²) in [5.41, 5.74) is 1.37. The summed E-state index contributed by atoms with van der Waals surface area (Å²) < 4.78 is 23.0. The number of hydrogen-bond donors (Lipinski definition) is 2. The van der Waals surface area contributed by atoms with Crippen molar-refractivity contribution in [3.05, 3.63) is 54.3 Å². The standard InChI is InChI=1S/C32H34FN5O2/c33-28-25(27-16-23(39)15-20-5-1-2-6-24(20)27)9-10-26-29(28)35-31(40-19-32-11-3-13-38(32)14-4-12-32)36-30(26)37-17-21-7-8-22(18-37)34-21/h1-2,5-6,9-10,15-16,21-22,34,39H,3-4,7-8,11-14,17-19H2. The van der Waals surface area contributed by atoms with Crippen LogP contribution in [0.1, 0.15) is 38.5 Å². The van der Waals surface area contributed by atoms with E-state index in [0.29, 0.717) is 35.2 Å². The highest BCUT2D eigenvalue weighted by Crippen LogP contribution is 2.41. The SMILES string of the molecule is Oc1cc(-c2ccc3c(N4CC5CCC(C4)N5)nc(OCC45CCCN4CCC5)nc3c2F)c2ccccc2c1. The fourth-order valence-electron chi connectivity index (χ4n) is 7.79. The van der Waals surface area contributed by atoms with Gasteiger partial charge in [0.2, 0.25) is 0 Å². The van der Waals surface area contributed by atoms with Gasteiger partial charge in [-0.25, -0.2) is 4.39 Å². The first kappa shape index (κ1) is 24.3. The van der Waals surface area contributed by atoms with Crippen LogP contribution in [0.15, 0.2) is 48.5 Å². The fraction of sp³-hybridized carbons (Fsp3) is 0.438. The van der Waals surface area contributed by atoms with Crippen LogP contribution in [0.5, 0.6) is 11.8 Å². The van der Waals surface area contributed by atoms with Crippen LogP contribution in [0, 0.1) is 5.82 Å². The minimum Gasteiger partial charge on any atom is -0.508 e.